The third-order valence-electron chi connectivity index (χ3n) is 15.8. The largest absolute Gasteiger partial charge is 0.481 e. The van der Waals surface area contributed by atoms with Gasteiger partial charge in [-0.1, -0.05) is 48.5 Å². The van der Waals surface area contributed by atoms with Crippen LogP contribution in [0, 0.1) is 0 Å². The van der Waals surface area contributed by atoms with Gasteiger partial charge in [0.2, 0.25) is 35.4 Å². The molecule has 0 fully saturated rings. The maximum Gasteiger partial charge on any atom is 0.407 e. The number of aliphatic carboxylic acids is 6. The molecule has 0 aliphatic rings. The number of amides is 7. The second kappa shape index (κ2) is 61.7. The zero-order valence-electron chi connectivity index (χ0n) is 64.7. The van der Waals surface area contributed by atoms with Gasteiger partial charge in [-0.25, -0.2) is 4.79 Å². The van der Waals surface area contributed by atoms with E-state index in [0.717, 1.165) is 27.1 Å². The standard InChI is InChI=1S/C75H111N7O33/c1-51(83)12-25-103-38-55(41-106-28-15-66(87)80-57(44-109-31-18-69(90)91)45-110-32-19-70(92)93)78-64(85)13-26-104-39-54(77-63(84)11-6-24-76-75(102)115-50-62-60-9-4-2-7-52(60)37-53-8-3-5-10-61(53)62)40-105-27-14-65(86)79-56(42-107-29-16-67(88)81-58(46-111-33-20-71(94)95)47-112-34-21-72(96)97)43-108-30-17-68(89)82-59(48-113-35-22-73(98)99)49-114-36-23-74(100)101/h2-5,7-10,37,54-59H,6,11-36,38-50H2,1H3,(H,76,102)(H,77,84)(H,78,85)(H,79,86)(H,80,87)(H,81,88)(H,82,89)(H,90,91)(H,92,93)(H,94,95)(H,96,97)(H,98,99)(H,100,101). The molecule has 3 aromatic rings. The number of alkyl carbamates (subject to hydrolysis) is 1. The lowest BCUT2D eigenvalue weighted by molar-refractivity contribution is -0.139. The number of benzene rings is 3. The molecule has 40 heteroatoms. The third-order valence-corrected chi connectivity index (χ3v) is 15.8. The normalized spacial score (nSPS) is 11.8. The van der Waals surface area contributed by atoms with Gasteiger partial charge in [0.15, 0.2) is 0 Å². The number of hydrogen-bond acceptors (Lipinski definition) is 27. The second-order valence-corrected chi connectivity index (χ2v) is 26.0. The summed E-state index contributed by atoms with van der Waals surface area (Å²) in [5, 5.41) is 76.8. The number of nitrogens with one attached hydrogen (secondary N) is 7. The fourth-order valence-electron chi connectivity index (χ4n) is 10.2. The van der Waals surface area contributed by atoms with Crippen LogP contribution in [0.15, 0.2) is 54.6 Å². The molecule has 0 bridgehead atoms. The number of carbonyl (C=O) groups is 14. The molecule has 2 unspecified atom stereocenters. The fraction of sp³-hybridized carbons (Fsp3) is 0.627. The minimum atomic E-state index is -1.12. The molecule has 0 radical (unpaired) electrons. The number of carboxylic acid groups (broad SMARTS) is 6. The number of fused-ring (bicyclic) bond motifs is 2. The van der Waals surface area contributed by atoms with Crippen molar-refractivity contribution in [1.29, 1.82) is 0 Å². The summed E-state index contributed by atoms with van der Waals surface area (Å²) in [7, 11) is 0. The maximum absolute atomic E-state index is 13.6. The summed E-state index contributed by atoms with van der Waals surface area (Å²) in [5.41, 5.74) is 0.823. The summed E-state index contributed by atoms with van der Waals surface area (Å²) in [6, 6.07) is 12.5. The molecule has 3 aromatic carbocycles. The average Bonchev–Trinajstić information content (AvgIpc) is 0.778. The first-order valence-electron chi connectivity index (χ1n) is 37.5. The van der Waals surface area contributed by atoms with Crippen LogP contribution in [0.3, 0.4) is 0 Å². The lowest BCUT2D eigenvalue weighted by Crippen LogP contribution is -2.44. The zero-order valence-corrected chi connectivity index (χ0v) is 64.7. The Morgan fingerprint density at radius 3 is 0.748 bits per heavy atom. The van der Waals surface area contributed by atoms with Crippen LogP contribution in [0.5, 0.6) is 0 Å². The van der Waals surface area contributed by atoms with E-state index in [1.54, 1.807) is 0 Å². The van der Waals surface area contributed by atoms with Crippen molar-refractivity contribution < 1.29 is 159 Å². The summed E-state index contributed by atoms with van der Waals surface area (Å²) in [5.74, 6) is -10.0. The van der Waals surface area contributed by atoms with Crippen LogP contribution in [-0.2, 0) is 131 Å². The van der Waals surface area contributed by atoms with Crippen LogP contribution < -0.4 is 37.2 Å². The molecule has 3 rings (SSSR count). The molecule has 7 amide bonds. The number of ether oxygens (including phenoxy) is 13. The van der Waals surface area contributed by atoms with Gasteiger partial charge in [0.05, 0.1) is 233 Å². The number of ketones is 1. The molecule has 0 aliphatic carbocycles. The minimum absolute atomic E-state index is 0.0306. The van der Waals surface area contributed by atoms with Crippen molar-refractivity contribution in [1.82, 2.24) is 37.2 Å². The highest BCUT2D eigenvalue weighted by Gasteiger charge is 2.23. The Balaban J connectivity index is 1.71. The molecule has 0 aliphatic heterocycles. The molecular weight excluding hydrogens is 1530 g/mol. The zero-order chi connectivity index (χ0) is 84.2. The molecule has 0 aromatic heterocycles. The predicted octanol–water partition coefficient (Wildman–Crippen LogP) is 0.885. The molecule has 0 saturated heterocycles. The molecule has 2 atom stereocenters. The monoisotopic (exact) mass is 1640 g/mol. The topological polar surface area (TPSA) is 565 Å². The van der Waals surface area contributed by atoms with E-state index in [9.17, 15) is 67.1 Å². The minimum Gasteiger partial charge on any atom is -0.481 e. The Bertz CT molecular complexity index is 3270. The Kier molecular flexibility index (Phi) is 53.4. The maximum atomic E-state index is 13.6. The number of carbonyl (C=O) groups excluding carboxylic acids is 8. The summed E-state index contributed by atoms with van der Waals surface area (Å²) < 4.78 is 72.7. The van der Waals surface area contributed by atoms with Gasteiger partial charge in [0.25, 0.3) is 0 Å². The molecule has 40 nitrogen and oxygen atoms in total. The van der Waals surface area contributed by atoms with Crippen molar-refractivity contribution in [2.24, 2.45) is 0 Å². The molecular formula is C75H111N7O33. The van der Waals surface area contributed by atoms with Crippen LogP contribution >= 0.6 is 0 Å². The number of carboxylic acids is 6. The summed E-state index contributed by atoms with van der Waals surface area (Å²) >= 11 is 0. The molecule has 644 valence electrons. The molecule has 115 heavy (non-hydrogen) atoms. The fourth-order valence-corrected chi connectivity index (χ4v) is 10.2. The lowest BCUT2D eigenvalue weighted by Gasteiger charge is -2.21. The Morgan fingerprint density at radius 1 is 0.296 bits per heavy atom. The SMILES string of the molecule is CC(=O)CCOCC(COCCC(=O)NC(COCCC(=O)O)COCCC(=O)O)NC(=O)CCOCC(COCCC(=O)NC(COCCC(=O)NC(COCCC(=O)O)COCCC(=O)O)COCCC(=O)NC(COCCC(=O)O)COCCC(=O)O)NC(=O)CCCNC(=O)OCc1c2ccccc2cc2ccccc12. The van der Waals surface area contributed by atoms with Gasteiger partial charge >= 0.3 is 41.9 Å². The van der Waals surface area contributed by atoms with E-state index in [2.05, 4.69) is 43.3 Å². The molecule has 13 N–H and O–H groups in total. The van der Waals surface area contributed by atoms with Crippen molar-refractivity contribution in [3.05, 3.63) is 60.2 Å². The van der Waals surface area contributed by atoms with Gasteiger partial charge in [-0.2, -0.15) is 0 Å². The Labute approximate surface area is 663 Å². The smallest absolute Gasteiger partial charge is 0.407 e. The molecule has 0 spiro atoms. The van der Waals surface area contributed by atoms with E-state index in [1.165, 1.54) is 6.92 Å². The Morgan fingerprint density at radius 2 is 0.513 bits per heavy atom. The molecule has 0 saturated carbocycles. The predicted molar refractivity (Wildman–Crippen MR) is 402 cm³/mol. The van der Waals surface area contributed by atoms with Crippen LogP contribution in [0.2, 0.25) is 0 Å². The van der Waals surface area contributed by atoms with Gasteiger partial charge in [-0.3, -0.25) is 62.3 Å². The van der Waals surface area contributed by atoms with Gasteiger partial charge in [-0.05, 0) is 41.0 Å². The highest BCUT2D eigenvalue weighted by atomic mass is 16.6. The first-order valence-corrected chi connectivity index (χ1v) is 37.5. The van der Waals surface area contributed by atoms with Crippen LogP contribution in [0.1, 0.15) is 102 Å². The van der Waals surface area contributed by atoms with Crippen molar-refractivity contribution in [2.45, 2.75) is 140 Å². The summed E-state index contributed by atoms with van der Waals surface area (Å²) in [6.45, 7) is -2.77. The number of hydrogen-bond donors (Lipinski definition) is 13. The highest BCUT2D eigenvalue weighted by Crippen LogP contribution is 2.29. The van der Waals surface area contributed by atoms with E-state index in [0.29, 0.717) is 0 Å². The number of rotatable bonds is 72. The van der Waals surface area contributed by atoms with Crippen molar-refractivity contribution >= 4 is 105 Å². The second-order valence-electron chi connectivity index (χ2n) is 26.0. The highest BCUT2D eigenvalue weighted by molar-refractivity contribution is 6.02. The summed E-state index contributed by atoms with van der Waals surface area (Å²) in [4.78, 5) is 170. The van der Waals surface area contributed by atoms with E-state index in [4.69, 9.17) is 92.2 Å². The van der Waals surface area contributed by atoms with E-state index < -0.39 is 114 Å². The van der Waals surface area contributed by atoms with Crippen LogP contribution in [0.4, 0.5) is 4.79 Å². The van der Waals surface area contributed by atoms with Gasteiger partial charge in [0, 0.05) is 57.1 Å². The van der Waals surface area contributed by atoms with Gasteiger partial charge < -0.3 is 129 Å². The van der Waals surface area contributed by atoms with E-state index in [1.807, 2.05) is 48.5 Å². The molecule has 0 heterocycles. The van der Waals surface area contributed by atoms with Crippen molar-refractivity contribution in [3.8, 4) is 0 Å². The summed E-state index contributed by atoms with van der Waals surface area (Å²) in [6.07, 6.45) is -3.61. The average molecular weight is 1640 g/mol. The lowest BCUT2D eigenvalue weighted by atomic mass is 9.97. The van der Waals surface area contributed by atoms with Crippen molar-refractivity contribution in [3.63, 3.8) is 0 Å². The first-order chi connectivity index (χ1) is 55.2. The Hall–Kier alpha value is -9.72. The van der Waals surface area contributed by atoms with Crippen molar-refractivity contribution in [2.75, 3.05) is 165 Å². The van der Waals surface area contributed by atoms with E-state index >= 15 is 0 Å². The van der Waals surface area contributed by atoms with Gasteiger partial charge in [-0.15, -0.1) is 0 Å². The van der Waals surface area contributed by atoms with E-state index in [-0.39, 0.29) is 267 Å². The van der Waals surface area contributed by atoms with Gasteiger partial charge in [0.1, 0.15) is 12.4 Å². The van der Waals surface area contributed by atoms with Crippen LogP contribution in [-0.4, -0.2) is 315 Å². The van der Waals surface area contributed by atoms with Crippen LogP contribution in [0.25, 0.3) is 21.5 Å². The number of Topliss-reactive ketones (excluding diaryl/α,β-unsaturated/α-hetero) is 1. The first kappa shape index (κ1) is 99.5. The third kappa shape index (κ3) is 52.4. The quantitative estimate of drug-likeness (QED) is 0.0276.